The molecule has 1 aromatic rings. The highest BCUT2D eigenvalue weighted by Gasteiger charge is 2.28. The molecule has 0 spiro atoms. The van der Waals surface area contributed by atoms with Crippen LogP contribution in [0.15, 0.2) is 27.8 Å². The fourth-order valence-electron chi connectivity index (χ4n) is 2.17. The van der Waals surface area contributed by atoms with Crippen LogP contribution in [-0.2, 0) is 9.84 Å². The van der Waals surface area contributed by atoms with Crippen LogP contribution in [0, 0.1) is 0 Å². The van der Waals surface area contributed by atoms with E-state index in [1.165, 1.54) is 6.26 Å². The van der Waals surface area contributed by atoms with E-state index >= 15 is 0 Å². The van der Waals surface area contributed by atoms with Gasteiger partial charge in [-0.1, -0.05) is 0 Å². The lowest BCUT2D eigenvalue weighted by atomic mass is 10.2. The predicted octanol–water partition coefficient (Wildman–Crippen LogP) is 0.0552. The molecule has 0 aromatic carbocycles. The minimum absolute atomic E-state index is 0.123. The van der Waals surface area contributed by atoms with Gasteiger partial charge in [0.1, 0.15) is 11.9 Å². The zero-order chi connectivity index (χ0) is 15.3. The summed E-state index contributed by atoms with van der Waals surface area (Å²) in [5, 5.41) is 16.0. The Hall–Kier alpha value is -1.54. The van der Waals surface area contributed by atoms with E-state index in [1.807, 2.05) is 6.92 Å². The van der Waals surface area contributed by atoms with E-state index in [0.717, 1.165) is 0 Å². The molecule has 0 saturated carbocycles. The van der Waals surface area contributed by atoms with Crippen LogP contribution in [0.25, 0.3) is 0 Å². The number of guanidine groups is 1. The Bertz CT molecular complexity index is 568. The molecule has 0 aliphatic carbocycles. The summed E-state index contributed by atoms with van der Waals surface area (Å²) in [5.74, 6) is 1.29. The first-order valence-corrected chi connectivity index (χ1v) is 8.79. The zero-order valence-corrected chi connectivity index (χ0v) is 12.8. The van der Waals surface area contributed by atoms with Crippen molar-refractivity contribution in [1.29, 1.82) is 0 Å². The van der Waals surface area contributed by atoms with Gasteiger partial charge in [0.15, 0.2) is 15.8 Å². The van der Waals surface area contributed by atoms with Crippen molar-refractivity contribution >= 4 is 15.8 Å². The summed E-state index contributed by atoms with van der Waals surface area (Å²) in [6, 6.07) is 3.26. The van der Waals surface area contributed by atoms with Gasteiger partial charge in [-0.15, -0.1) is 0 Å². The van der Waals surface area contributed by atoms with Gasteiger partial charge in [-0.25, -0.2) is 8.42 Å². The third kappa shape index (κ3) is 4.75. The summed E-state index contributed by atoms with van der Waals surface area (Å²) in [7, 11) is -2.93. The largest absolute Gasteiger partial charge is 0.467 e. The molecule has 1 aliphatic heterocycles. The van der Waals surface area contributed by atoms with Gasteiger partial charge in [-0.05, 0) is 25.5 Å². The fraction of sp³-hybridized carbons (Fsp3) is 0.615. The third-order valence-electron chi connectivity index (χ3n) is 3.21. The first-order chi connectivity index (χ1) is 10.00. The van der Waals surface area contributed by atoms with E-state index in [2.05, 4.69) is 15.6 Å². The van der Waals surface area contributed by atoms with Crippen LogP contribution in [0.2, 0.25) is 0 Å². The number of furan rings is 1. The lowest BCUT2D eigenvalue weighted by molar-refractivity contribution is 0.158. The summed E-state index contributed by atoms with van der Waals surface area (Å²) < 4.78 is 28.0. The molecule has 21 heavy (non-hydrogen) atoms. The van der Waals surface area contributed by atoms with Gasteiger partial charge < -0.3 is 20.2 Å². The number of rotatable bonds is 5. The maximum absolute atomic E-state index is 11.4. The van der Waals surface area contributed by atoms with E-state index in [9.17, 15) is 13.5 Å². The highest BCUT2D eigenvalue weighted by Crippen LogP contribution is 2.13. The monoisotopic (exact) mass is 315 g/mol. The second-order valence-electron chi connectivity index (χ2n) is 5.00. The number of sulfone groups is 1. The maximum atomic E-state index is 11.4. The summed E-state index contributed by atoms with van der Waals surface area (Å²) in [6.07, 6.45) is 1.26. The van der Waals surface area contributed by atoms with E-state index in [0.29, 0.717) is 24.7 Å². The molecule has 1 fully saturated rings. The van der Waals surface area contributed by atoms with Crippen LogP contribution in [0.4, 0.5) is 0 Å². The van der Waals surface area contributed by atoms with Gasteiger partial charge in [0, 0.05) is 12.6 Å². The third-order valence-corrected chi connectivity index (χ3v) is 4.98. The quantitative estimate of drug-likeness (QED) is 0.524. The topological polar surface area (TPSA) is 104 Å². The van der Waals surface area contributed by atoms with Crippen molar-refractivity contribution in [3.63, 3.8) is 0 Å². The Balaban J connectivity index is 1.93. The van der Waals surface area contributed by atoms with Gasteiger partial charge in [-0.2, -0.15) is 0 Å². The fourth-order valence-corrected chi connectivity index (χ4v) is 3.84. The molecule has 1 saturated heterocycles. The van der Waals surface area contributed by atoms with Crippen LogP contribution in [-0.4, -0.2) is 50.1 Å². The molecule has 2 rings (SSSR count). The maximum Gasteiger partial charge on any atom is 0.191 e. The van der Waals surface area contributed by atoms with Gasteiger partial charge in [0.25, 0.3) is 0 Å². The molecule has 0 radical (unpaired) electrons. The second-order valence-corrected chi connectivity index (χ2v) is 7.22. The summed E-state index contributed by atoms with van der Waals surface area (Å²) in [5.41, 5.74) is 0. The molecule has 118 valence electrons. The Morgan fingerprint density at radius 3 is 3.00 bits per heavy atom. The van der Waals surface area contributed by atoms with E-state index in [1.54, 1.807) is 12.1 Å². The number of aliphatic hydroxyl groups excluding tert-OH is 1. The number of aliphatic imine (C=N–C) groups is 1. The van der Waals surface area contributed by atoms with Gasteiger partial charge in [0.2, 0.25) is 0 Å². The molecule has 8 heteroatoms. The number of hydrogen-bond acceptors (Lipinski definition) is 5. The highest BCUT2D eigenvalue weighted by molar-refractivity contribution is 7.91. The second kappa shape index (κ2) is 6.95. The first kappa shape index (κ1) is 15.8. The lowest BCUT2D eigenvalue weighted by Gasteiger charge is -2.16. The van der Waals surface area contributed by atoms with Crippen molar-refractivity contribution < 1.29 is 17.9 Å². The molecule has 2 heterocycles. The SMILES string of the molecule is CCNC(=NCC(O)c1ccco1)NC1CCS(=O)(=O)C1. The number of hydrogen-bond donors (Lipinski definition) is 3. The minimum Gasteiger partial charge on any atom is -0.467 e. The van der Waals surface area contributed by atoms with Gasteiger partial charge in [-0.3, -0.25) is 4.99 Å². The molecule has 2 atom stereocenters. The van der Waals surface area contributed by atoms with Crippen LogP contribution in [0.1, 0.15) is 25.2 Å². The summed E-state index contributed by atoms with van der Waals surface area (Å²) in [6.45, 7) is 2.72. The smallest absolute Gasteiger partial charge is 0.191 e. The van der Waals surface area contributed by atoms with Crippen molar-refractivity contribution in [1.82, 2.24) is 10.6 Å². The Morgan fingerprint density at radius 1 is 1.62 bits per heavy atom. The number of aliphatic hydroxyl groups is 1. The molecule has 0 bridgehead atoms. The van der Waals surface area contributed by atoms with Crippen molar-refractivity contribution in [3.8, 4) is 0 Å². The summed E-state index contributed by atoms with van der Waals surface area (Å²) in [4.78, 5) is 4.27. The normalized spacial score (nSPS) is 23.0. The molecule has 2 unspecified atom stereocenters. The van der Waals surface area contributed by atoms with Crippen molar-refractivity contribution in [3.05, 3.63) is 24.2 Å². The van der Waals surface area contributed by atoms with E-state index < -0.39 is 15.9 Å². The predicted molar refractivity (Wildman–Crippen MR) is 79.8 cm³/mol. The van der Waals surface area contributed by atoms with Crippen LogP contribution < -0.4 is 10.6 Å². The summed E-state index contributed by atoms with van der Waals surface area (Å²) >= 11 is 0. The Morgan fingerprint density at radius 2 is 2.43 bits per heavy atom. The van der Waals surface area contributed by atoms with E-state index in [4.69, 9.17) is 4.42 Å². The van der Waals surface area contributed by atoms with Gasteiger partial charge >= 0.3 is 0 Å². The minimum atomic E-state index is -2.93. The molecule has 1 aromatic heterocycles. The Kier molecular flexibility index (Phi) is 5.24. The standard InChI is InChI=1S/C13H21N3O4S/c1-2-14-13(16-10-5-7-21(18,19)9-10)15-8-11(17)12-4-3-6-20-12/h3-4,6,10-11,17H,2,5,7-9H2,1H3,(H2,14,15,16). The van der Waals surface area contributed by atoms with Crippen LogP contribution in [0.5, 0.6) is 0 Å². The molecule has 7 nitrogen and oxygen atoms in total. The molecule has 0 amide bonds. The van der Waals surface area contributed by atoms with Crippen LogP contribution >= 0.6 is 0 Å². The number of nitrogens with zero attached hydrogens (tertiary/aromatic N) is 1. The van der Waals surface area contributed by atoms with E-state index in [-0.39, 0.29) is 24.1 Å². The van der Waals surface area contributed by atoms with Gasteiger partial charge in [0.05, 0.1) is 24.3 Å². The highest BCUT2D eigenvalue weighted by atomic mass is 32.2. The van der Waals surface area contributed by atoms with Crippen molar-refractivity contribution in [2.75, 3.05) is 24.6 Å². The lowest BCUT2D eigenvalue weighted by Crippen LogP contribution is -2.44. The molecule has 3 N–H and O–H groups in total. The number of nitrogens with one attached hydrogen (secondary N) is 2. The average Bonchev–Trinajstić information content (AvgIpc) is 3.05. The van der Waals surface area contributed by atoms with Crippen LogP contribution in [0.3, 0.4) is 0 Å². The molecular weight excluding hydrogens is 294 g/mol. The Labute approximate surface area is 124 Å². The molecular formula is C13H21N3O4S. The average molecular weight is 315 g/mol. The first-order valence-electron chi connectivity index (χ1n) is 6.97. The van der Waals surface area contributed by atoms with Crippen molar-refractivity contribution in [2.45, 2.75) is 25.5 Å². The molecule has 1 aliphatic rings. The van der Waals surface area contributed by atoms with Crippen molar-refractivity contribution in [2.24, 2.45) is 4.99 Å². The zero-order valence-electron chi connectivity index (χ0n) is 11.9.